The van der Waals surface area contributed by atoms with E-state index in [9.17, 15) is 13.2 Å². The van der Waals surface area contributed by atoms with Gasteiger partial charge in [0, 0.05) is 55.6 Å². The van der Waals surface area contributed by atoms with E-state index in [0.717, 1.165) is 25.0 Å². The molecule has 1 unspecified atom stereocenters. The molecule has 7 nitrogen and oxygen atoms in total. The van der Waals surface area contributed by atoms with Crippen LogP contribution in [0.2, 0.25) is 0 Å². The summed E-state index contributed by atoms with van der Waals surface area (Å²) in [7, 11) is -3.84. The molecule has 0 saturated carbocycles. The van der Waals surface area contributed by atoms with Crippen molar-refractivity contribution in [3.8, 4) is 0 Å². The zero-order chi connectivity index (χ0) is 25.8. The number of benzene rings is 3. The van der Waals surface area contributed by atoms with Crippen LogP contribution in [0.3, 0.4) is 0 Å². The number of anilines is 1. The Morgan fingerprint density at radius 3 is 2.32 bits per heavy atom. The number of hydrogen-bond donors (Lipinski definition) is 1. The standard InChI is InChI=1S/C29H30N4O3S/c1-22(23-7-3-2-4-8-23)21-32-17-19-33(20-18-32)29(34)25-12-14-26(15-13-25)31-37(35,36)27-11-5-9-24-10-6-16-30-28(24)27/h2-16,22,31H,17-21H2,1H3. The number of nitrogens with zero attached hydrogens (tertiary/aromatic N) is 3. The Kier molecular flexibility index (Phi) is 7.21. The summed E-state index contributed by atoms with van der Waals surface area (Å²) in [5.74, 6) is 0.396. The van der Waals surface area contributed by atoms with Crippen LogP contribution in [0.4, 0.5) is 5.69 Å². The molecule has 1 fully saturated rings. The average molecular weight is 515 g/mol. The normalized spacial score (nSPS) is 15.4. The lowest BCUT2D eigenvalue weighted by molar-refractivity contribution is 0.0631. The van der Waals surface area contributed by atoms with Gasteiger partial charge in [0.05, 0.1) is 5.52 Å². The van der Waals surface area contributed by atoms with E-state index < -0.39 is 10.0 Å². The van der Waals surface area contributed by atoms with Crippen molar-refractivity contribution in [3.05, 3.63) is 102 Å². The molecule has 1 aliphatic heterocycles. The molecule has 1 amide bonds. The number of piperazine rings is 1. The van der Waals surface area contributed by atoms with Gasteiger partial charge >= 0.3 is 0 Å². The van der Waals surface area contributed by atoms with Crippen LogP contribution in [-0.4, -0.2) is 61.8 Å². The smallest absolute Gasteiger partial charge is 0.264 e. The maximum absolute atomic E-state index is 13.1. The van der Waals surface area contributed by atoms with E-state index in [2.05, 4.69) is 45.8 Å². The molecular formula is C29H30N4O3S. The van der Waals surface area contributed by atoms with Gasteiger partial charge in [0.1, 0.15) is 4.90 Å². The molecule has 0 aliphatic carbocycles. The number of aromatic nitrogens is 1. The zero-order valence-corrected chi connectivity index (χ0v) is 21.6. The second kappa shape index (κ2) is 10.7. The van der Waals surface area contributed by atoms with Gasteiger partial charge in [-0.15, -0.1) is 0 Å². The molecular weight excluding hydrogens is 484 g/mol. The van der Waals surface area contributed by atoms with Gasteiger partial charge in [-0.1, -0.05) is 55.5 Å². The molecule has 1 N–H and O–H groups in total. The third kappa shape index (κ3) is 5.65. The molecule has 0 radical (unpaired) electrons. The number of hydrogen-bond acceptors (Lipinski definition) is 5. The molecule has 8 heteroatoms. The molecule has 37 heavy (non-hydrogen) atoms. The molecule has 5 rings (SSSR count). The average Bonchev–Trinajstić information content (AvgIpc) is 2.93. The third-order valence-corrected chi connectivity index (χ3v) is 8.24. The Hall–Kier alpha value is -3.75. The minimum atomic E-state index is -3.84. The van der Waals surface area contributed by atoms with Crippen molar-refractivity contribution < 1.29 is 13.2 Å². The first-order valence-corrected chi connectivity index (χ1v) is 13.9. The lowest BCUT2D eigenvalue weighted by Gasteiger charge is -2.36. The van der Waals surface area contributed by atoms with Crippen LogP contribution in [0.25, 0.3) is 10.9 Å². The summed E-state index contributed by atoms with van der Waals surface area (Å²) in [6, 6.07) is 25.7. The van der Waals surface area contributed by atoms with Crippen molar-refractivity contribution >= 4 is 32.5 Å². The number of pyridine rings is 1. The van der Waals surface area contributed by atoms with Crippen LogP contribution in [0.1, 0.15) is 28.8 Å². The maximum atomic E-state index is 13.1. The van der Waals surface area contributed by atoms with Gasteiger partial charge in [0.2, 0.25) is 0 Å². The third-order valence-electron chi connectivity index (χ3n) is 6.83. The van der Waals surface area contributed by atoms with Crippen molar-refractivity contribution in [2.24, 2.45) is 0 Å². The first kappa shape index (κ1) is 24.9. The van der Waals surface area contributed by atoms with E-state index in [4.69, 9.17) is 0 Å². The predicted octanol–water partition coefficient (Wildman–Crippen LogP) is 4.60. The summed E-state index contributed by atoms with van der Waals surface area (Å²) in [5, 5.41) is 0.751. The predicted molar refractivity (Wildman–Crippen MR) is 146 cm³/mol. The van der Waals surface area contributed by atoms with E-state index in [1.165, 1.54) is 11.6 Å². The van der Waals surface area contributed by atoms with Gasteiger partial charge in [0.25, 0.3) is 15.9 Å². The molecule has 190 valence electrons. The van der Waals surface area contributed by atoms with Gasteiger partial charge in [0.15, 0.2) is 0 Å². The highest BCUT2D eigenvalue weighted by molar-refractivity contribution is 7.93. The van der Waals surface area contributed by atoms with E-state index in [1.54, 1.807) is 42.6 Å². The fourth-order valence-corrected chi connectivity index (χ4v) is 6.01. The van der Waals surface area contributed by atoms with Gasteiger partial charge in [-0.25, -0.2) is 8.42 Å². The summed E-state index contributed by atoms with van der Waals surface area (Å²) in [6.07, 6.45) is 1.57. The SMILES string of the molecule is CC(CN1CCN(C(=O)c2ccc(NS(=O)(=O)c3cccc4cccnc34)cc2)CC1)c1ccccc1. The van der Waals surface area contributed by atoms with E-state index in [0.29, 0.717) is 35.8 Å². The van der Waals surface area contributed by atoms with Gasteiger partial charge in [-0.3, -0.25) is 19.4 Å². The van der Waals surface area contributed by atoms with Gasteiger partial charge in [-0.05, 0) is 47.9 Å². The van der Waals surface area contributed by atoms with Crippen molar-refractivity contribution in [2.45, 2.75) is 17.7 Å². The quantitative estimate of drug-likeness (QED) is 0.390. The van der Waals surface area contributed by atoms with E-state index in [1.807, 2.05) is 23.1 Å². The van der Waals surface area contributed by atoms with Crippen molar-refractivity contribution in [1.82, 2.24) is 14.8 Å². The monoisotopic (exact) mass is 514 g/mol. The first-order valence-electron chi connectivity index (χ1n) is 12.4. The van der Waals surface area contributed by atoms with Crippen molar-refractivity contribution in [2.75, 3.05) is 37.4 Å². The lowest BCUT2D eigenvalue weighted by atomic mass is 10.0. The van der Waals surface area contributed by atoms with Crippen molar-refractivity contribution in [1.29, 1.82) is 0 Å². The number of rotatable bonds is 7. The summed E-state index contributed by atoms with van der Waals surface area (Å²) in [5.41, 5.74) is 2.68. The summed E-state index contributed by atoms with van der Waals surface area (Å²) in [6.45, 7) is 6.21. The van der Waals surface area contributed by atoms with E-state index >= 15 is 0 Å². The summed E-state index contributed by atoms with van der Waals surface area (Å²) in [4.78, 5) is 21.7. The first-order chi connectivity index (χ1) is 17.9. The number of para-hydroxylation sites is 1. The number of carbonyl (C=O) groups excluding carboxylic acids is 1. The van der Waals surface area contributed by atoms with Crippen LogP contribution in [0, 0.1) is 0 Å². The van der Waals surface area contributed by atoms with Crippen molar-refractivity contribution in [3.63, 3.8) is 0 Å². The van der Waals surface area contributed by atoms with E-state index in [-0.39, 0.29) is 10.8 Å². The molecule has 0 bridgehead atoms. The minimum absolute atomic E-state index is 0.0385. The van der Waals surface area contributed by atoms with Crippen LogP contribution in [0.5, 0.6) is 0 Å². The largest absolute Gasteiger partial charge is 0.336 e. The van der Waals surface area contributed by atoms with Gasteiger partial charge in [-0.2, -0.15) is 0 Å². The zero-order valence-electron chi connectivity index (χ0n) is 20.7. The lowest BCUT2D eigenvalue weighted by Crippen LogP contribution is -2.49. The Morgan fingerprint density at radius 1 is 0.892 bits per heavy atom. The molecule has 3 aromatic carbocycles. The number of carbonyl (C=O) groups is 1. The van der Waals surface area contributed by atoms with Crippen LogP contribution in [0.15, 0.2) is 96.0 Å². The Morgan fingerprint density at radius 2 is 1.59 bits per heavy atom. The molecule has 1 aliphatic rings. The molecule has 2 heterocycles. The Labute approximate surface area is 217 Å². The van der Waals surface area contributed by atoms with Crippen LogP contribution < -0.4 is 4.72 Å². The van der Waals surface area contributed by atoms with Crippen LogP contribution >= 0.6 is 0 Å². The molecule has 1 aromatic heterocycles. The number of fused-ring (bicyclic) bond motifs is 1. The topological polar surface area (TPSA) is 82.6 Å². The fraction of sp³-hybridized carbons (Fsp3) is 0.241. The Bertz CT molecular complexity index is 1480. The summed E-state index contributed by atoms with van der Waals surface area (Å²) >= 11 is 0. The highest BCUT2D eigenvalue weighted by Gasteiger charge is 2.24. The highest BCUT2D eigenvalue weighted by atomic mass is 32.2. The number of amides is 1. The number of nitrogens with one attached hydrogen (secondary N) is 1. The molecule has 1 saturated heterocycles. The van der Waals surface area contributed by atoms with Crippen LogP contribution in [-0.2, 0) is 10.0 Å². The number of sulfonamides is 1. The Balaban J connectivity index is 1.19. The second-order valence-electron chi connectivity index (χ2n) is 9.42. The minimum Gasteiger partial charge on any atom is -0.336 e. The molecule has 4 aromatic rings. The fourth-order valence-electron chi connectivity index (χ4n) is 4.77. The molecule has 1 atom stereocenters. The highest BCUT2D eigenvalue weighted by Crippen LogP contribution is 2.24. The summed E-state index contributed by atoms with van der Waals surface area (Å²) < 4.78 is 28.7. The van der Waals surface area contributed by atoms with Gasteiger partial charge < -0.3 is 4.90 Å². The maximum Gasteiger partial charge on any atom is 0.264 e. The second-order valence-corrected chi connectivity index (χ2v) is 11.1. The molecule has 0 spiro atoms.